The molecular formula is C24H37N3O3S. The van der Waals surface area contributed by atoms with Crippen molar-refractivity contribution in [2.45, 2.75) is 81.6 Å². The monoisotopic (exact) mass is 447 g/mol. The van der Waals surface area contributed by atoms with Crippen LogP contribution < -0.4 is 10.0 Å². The molecule has 1 atom stereocenters. The third kappa shape index (κ3) is 5.88. The number of benzene rings is 1. The van der Waals surface area contributed by atoms with Crippen molar-refractivity contribution < 1.29 is 13.2 Å². The summed E-state index contributed by atoms with van der Waals surface area (Å²) < 4.78 is 28.5. The van der Waals surface area contributed by atoms with Crippen molar-refractivity contribution in [2.24, 2.45) is 5.92 Å². The lowest BCUT2D eigenvalue weighted by molar-refractivity contribution is -0.125. The molecule has 2 aliphatic carbocycles. The number of carbonyl (C=O) groups excluding carboxylic acids is 1. The van der Waals surface area contributed by atoms with E-state index in [9.17, 15) is 13.2 Å². The van der Waals surface area contributed by atoms with E-state index in [4.69, 9.17) is 0 Å². The number of nitrogens with zero attached hydrogens (tertiary/aromatic N) is 1. The van der Waals surface area contributed by atoms with E-state index < -0.39 is 10.0 Å². The zero-order valence-corrected chi connectivity index (χ0v) is 19.4. The number of carbonyl (C=O) groups is 1. The van der Waals surface area contributed by atoms with Gasteiger partial charge in [0.25, 0.3) is 0 Å². The van der Waals surface area contributed by atoms with Crippen LogP contribution in [0.5, 0.6) is 0 Å². The molecule has 3 aliphatic rings. The predicted octanol–water partition coefficient (Wildman–Crippen LogP) is 3.52. The van der Waals surface area contributed by atoms with E-state index in [1.54, 1.807) is 12.1 Å². The third-order valence-corrected chi connectivity index (χ3v) is 8.65. The van der Waals surface area contributed by atoms with E-state index in [0.717, 1.165) is 75.7 Å². The van der Waals surface area contributed by atoms with Crippen LogP contribution in [0.1, 0.15) is 81.4 Å². The van der Waals surface area contributed by atoms with E-state index in [2.05, 4.69) is 14.9 Å². The fourth-order valence-electron chi connectivity index (χ4n) is 5.33. The number of aryl methyl sites for hydroxylation is 1. The SMILES string of the molecule is O=C(N[C@H]1CCc2ccc(S(=O)(=O)NCCCN3CCCCCC3)cc21)C1CCCC1. The number of fused-ring (bicyclic) bond motifs is 1. The molecule has 1 heterocycles. The van der Waals surface area contributed by atoms with E-state index in [1.807, 2.05) is 6.07 Å². The van der Waals surface area contributed by atoms with Crippen molar-refractivity contribution in [3.63, 3.8) is 0 Å². The van der Waals surface area contributed by atoms with Crippen LogP contribution in [0, 0.1) is 5.92 Å². The Balaban J connectivity index is 1.33. The van der Waals surface area contributed by atoms with Gasteiger partial charge in [0.15, 0.2) is 0 Å². The lowest BCUT2D eigenvalue weighted by Crippen LogP contribution is -2.32. The van der Waals surface area contributed by atoms with Gasteiger partial charge in [-0.1, -0.05) is 31.7 Å². The Kier molecular flexibility index (Phi) is 7.67. The van der Waals surface area contributed by atoms with Gasteiger partial charge in [-0.25, -0.2) is 13.1 Å². The third-order valence-electron chi connectivity index (χ3n) is 7.19. The summed E-state index contributed by atoms with van der Waals surface area (Å²) in [5.41, 5.74) is 2.12. The van der Waals surface area contributed by atoms with Crippen LogP contribution in [0.25, 0.3) is 0 Å². The van der Waals surface area contributed by atoms with Crippen molar-refractivity contribution >= 4 is 15.9 Å². The van der Waals surface area contributed by atoms with Crippen molar-refractivity contribution in [3.8, 4) is 0 Å². The van der Waals surface area contributed by atoms with Crippen LogP contribution in [-0.4, -0.2) is 45.4 Å². The van der Waals surface area contributed by atoms with E-state index in [0.29, 0.717) is 11.4 Å². The first-order chi connectivity index (χ1) is 15.0. The van der Waals surface area contributed by atoms with Gasteiger partial charge in [0, 0.05) is 12.5 Å². The molecule has 6 nitrogen and oxygen atoms in total. The van der Waals surface area contributed by atoms with Crippen LogP contribution in [0.3, 0.4) is 0 Å². The Morgan fingerprint density at radius 2 is 1.74 bits per heavy atom. The van der Waals surface area contributed by atoms with Gasteiger partial charge in [0.1, 0.15) is 0 Å². The number of nitrogens with one attached hydrogen (secondary N) is 2. The molecule has 2 N–H and O–H groups in total. The van der Waals surface area contributed by atoms with Gasteiger partial charge in [-0.2, -0.15) is 0 Å². The maximum absolute atomic E-state index is 12.9. The summed E-state index contributed by atoms with van der Waals surface area (Å²) >= 11 is 0. The Morgan fingerprint density at radius 1 is 1.00 bits per heavy atom. The van der Waals surface area contributed by atoms with Gasteiger partial charge >= 0.3 is 0 Å². The van der Waals surface area contributed by atoms with Gasteiger partial charge in [-0.05, 0) is 87.8 Å². The zero-order chi connectivity index (χ0) is 21.7. The average molecular weight is 448 g/mol. The Labute approximate surface area is 187 Å². The van der Waals surface area contributed by atoms with Crippen molar-refractivity contribution in [2.75, 3.05) is 26.2 Å². The van der Waals surface area contributed by atoms with Gasteiger partial charge in [-0.15, -0.1) is 0 Å². The van der Waals surface area contributed by atoms with Crippen LogP contribution >= 0.6 is 0 Å². The minimum absolute atomic E-state index is 0.0683. The molecule has 172 valence electrons. The van der Waals surface area contributed by atoms with Crippen LogP contribution in [-0.2, 0) is 21.2 Å². The molecule has 1 aliphatic heterocycles. The van der Waals surface area contributed by atoms with Crippen molar-refractivity contribution in [1.29, 1.82) is 0 Å². The molecule has 0 bridgehead atoms. The quantitative estimate of drug-likeness (QED) is 0.598. The van der Waals surface area contributed by atoms with Gasteiger partial charge in [0.2, 0.25) is 15.9 Å². The molecule has 0 unspecified atom stereocenters. The minimum Gasteiger partial charge on any atom is -0.349 e. The molecule has 1 saturated carbocycles. The van der Waals surface area contributed by atoms with E-state index in [-0.39, 0.29) is 17.9 Å². The maximum atomic E-state index is 12.9. The van der Waals surface area contributed by atoms with Gasteiger partial charge in [-0.3, -0.25) is 4.79 Å². The molecule has 1 amide bonds. The summed E-state index contributed by atoms with van der Waals surface area (Å²) in [5, 5.41) is 3.19. The fourth-order valence-corrected chi connectivity index (χ4v) is 6.44. The first-order valence-corrected chi connectivity index (χ1v) is 13.7. The second-order valence-electron chi connectivity index (χ2n) is 9.45. The second kappa shape index (κ2) is 10.5. The smallest absolute Gasteiger partial charge is 0.240 e. The molecule has 1 saturated heterocycles. The van der Waals surface area contributed by atoms with Crippen LogP contribution in [0.15, 0.2) is 23.1 Å². The number of amides is 1. The minimum atomic E-state index is -3.54. The number of hydrogen-bond acceptors (Lipinski definition) is 4. The molecule has 0 radical (unpaired) electrons. The fraction of sp³-hybridized carbons (Fsp3) is 0.708. The molecule has 0 spiro atoms. The van der Waals surface area contributed by atoms with Crippen molar-refractivity contribution in [3.05, 3.63) is 29.3 Å². The second-order valence-corrected chi connectivity index (χ2v) is 11.2. The first-order valence-electron chi connectivity index (χ1n) is 12.2. The largest absolute Gasteiger partial charge is 0.349 e. The summed E-state index contributed by atoms with van der Waals surface area (Å²) in [5.74, 6) is 0.261. The summed E-state index contributed by atoms with van der Waals surface area (Å²) in [6.07, 6.45) is 11.9. The van der Waals surface area contributed by atoms with Gasteiger partial charge < -0.3 is 10.2 Å². The highest BCUT2D eigenvalue weighted by atomic mass is 32.2. The van der Waals surface area contributed by atoms with Gasteiger partial charge in [0.05, 0.1) is 10.9 Å². The predicted molar refractivity (Wildman–Crippen MR) is 122 cm³/mol. The Bertz CT molecular complexity index is 857. The number of hydrogen-bond donors (Lipinski definition) is 2. The molecule has 1 aromatic rings. The number of likely N-dealkylation sites (tertiary alicyclic amines) is 1. The Morgan fingerprint density at radius 3 is 2.48 bits per heavy atom. The Hall–Kier alpha value is -1.44. The molecule has 2 fully saturated rings. The van der Waals surface area contributed by atoms with Crippen molar-refractivity contribution in [1.82, 2.24) is 14.9 Å². The molecule has 1 aromatic carbocycles. The topological polar surface area (TPSA) is 78.5 Å². The highest BCUT2D eigenvalue weighted by molar-refractivity contribution is 7.89. The summed E-state index contributed by atoms with van der Waals surface area (Å²) in [7, 11) is -3.54. The van der Waals surface area contributed by atoms with E-state index in [1.165, 1.54) is 25.7 Å². The van der Waals surface area contributed by atoms with Crippen LogP contribution in [0.2, 0.25) is 0 Å². The average Bonchev–Trinajstić information content (AvgIpc) is 3.36. The number of sulfonamides is 1. The lowest BCUT2D eigenvalue weighted by Gasteiger charge is -2.19. The zero-order valence-electron chi connectivity index (χ0n) is 18.6. The van der Waals surface area contributed by atoms with E-state index >= 15 is 0 Å². The molecule has 0 aromatic heterocycles. The number of rotatable bonds is 8. The first kappa shape index (κ1) is 22.7. The standard InChI is InChI=1S/C24H37N3O3S/c28-24(20-8-3-4-9-20)26-23-13-11-19-10-12-21(18-22(19)23)31(29,30)25-14-7-17-27-15-5-1-2-6-16-27/h10,12,18,20,23,25H,1-9,11,13-17H2,(H,26,28)/t23-/m0/s1. The molecule has 4 rings (SSSR count). The highest BCUT2D eigenvalue weighted by Crippen LogP contribution is 2.34. The molecule has 7 heteroatoms. The molecular weight excluding hydrogens is 410 g/mol. The van der Waals surface area contributed by atoms with Crippen LogP contribution in [0.4, 0.5) is 0 Å². The molecule has 31 heavy (non-hydrogen) atoms. The summed E-state index contributed by atoms with van der Waals surface area (Å²) in [6, 6.07) is 5.33. The lowest BCUT2D eigenvalue weighted by atomic mass is 10.0. The summed E-state index contributed by atoms with van der Waals surface area (Å²) in [4.78, 5) is 15.3. The normalized spacial score (nSPS) is 22.9. The maximum Gasteiger partial charge on any atom is 0.240 e. The highest BCUT2D eigenvalue weighted by Gasteiger charge is 2.29. The summed E-state index contributed by atoms with van der Waals surface area (Å²) in [6.45, 7) is 3.66.